The van der Waals surface area contributed by atoms with Crippen LogP contribution in [0.4, 0.5) is 0 Å². The van der Waals surface area contributed by atoms with Gasteiger partial charge in [-0.1, -0.05) is 33.8 Å². The van der Waals surface area contributed by atoms with Gasteiger partial charge in [0, 0.05) is 31.4 Å². The van der Waals surface area contributed by atoms with E-state index in [-0.39, 0.29) is 0 Å². The molecule has 1 aromatic rings. The molecule has 0 aromatic carbocycles. The molecule has 20 heavy (non-hydrogen) atoms. The summed E-state index contributed by atoms with van der Waals surface area (Å²) in [6.07, 6.45) is 1.18. The molecule has 0 saturated carbocycles. The Hall–Kier alpha value is -0.930. The van der Waals surface area contributed by atoms with E-state index in [4.69, 9.17) is 0 Å². The van der Waals surface area contributed by atoms with Gasteiger partial charge in [0.05, 0.1) is 5.69 Å². The van der Waals surface area contributed by atoms with E-state index in [1.54, 1.807) is 0 Å². The minimum atomic E-state index is 0.308. The molecule has 3 nitrogen and oxygen atoms in total. The molecule has 1 unspecified atom stereocenters. The van der Waals surface area contributed by atoms with Gasteiger partial charge in [0.25, 0.3) is 0 Å². The van der Waals surface area contributed by atoms with E-state index >= 15 is 0 Å². The Morgan fingerprint density at radius 3 is 2.60 bits per heavy atom. The van der Waals surface area contributed by atoms with E-state index in [1.807, 2.05) is 13.0 Å². The number of aryl methyl sites for hydroxylation is 1. The van der Waals surface area contributed by atoms with Crippen LogP contribution in [-0.4, -0.2) is 36.1 Å². The molecule has 1 rings (SSSR count). The zero-order chi connectivity index (χ0) is 15.2. The fourth-order valence-corrected chi connectivity index (χ4v) is 2.41. The van der Waals surface area contributed by atoms with E-state index in [2.05, 4.69) is 62.1 Å². The molecule has 0 aliphatic heterocycles. The van der Waals surface area contributed by atoms with Crippen molar-refractivity contribution in [1.82, 2.24) is 15.2 Å². The zero-order valence-electron chi connectivity index (χ0n) is 14.0. The van der Waals surface area contributed by atoms with Crippen molar-refractivity contribution >= 4 is 0 Å². The summed E-state index contributed by atoms with van der Waals surface area (Å²) in [7, 11) is 2.19. The summed E-state index contributed by atoms with van der Waals surface area (Å²) < 4.78 is 0. The predicted molar refractivity (Wildman–Crippen MR) is 86.8 cm³/mol. The normalized spacial score (nSPS) is 14.8. The molecule has 114 valence electrons. The van der Waals surface area contributed by atoms with E-state index in [0.29, 0.717) is 11.5 Å². The Bertz CT molecular complexity index is 403. The Kier molecular flexibility index (Phi) is 6.63. The quantitative estimate of drug-likeness (QED) is 0.790. The first-order valence-corrected chi connectivity index (χ1v) is 7.69. The van der Waals surface area contributed by atoms with Crippen molar-refractivity contribution < 1.29 is 0 Å². The molecule has 0 amide bonds. The first kappa shape index (κ1) is 17.1. The highest BCUT2D eigenvalue weighted by Crippen LogP contribution is 2.22. The number of aromatic nitrogens is 1. The van der Waals surface area contributed by atoms with Gasteiger partial charge in [-0.05, 0) is 37.9 Å². The van der Waals surface area contributed by atoms with Gasteiger partial charge < -0.3 is 5.32 Å². The second-order valence-corrected chi connectivity index (χ2v) is 6.64. The molecule has 0 aliphatic carbocycles. The number of hydrogen-bond donors (Lipinski definition) is 1. The van der Waals surface area contributed by atoms with E-state index in [9.17, 15) is 0 Å². The van der Waals surface area contributed by atoms with Crippen molar-refractivity contribution in [2.75, 3.05) is 20.1 Å². The van der Waals surface area contributed by atoms with Crippen molar-refractivity contribution in [1.29, 1.82) is 0 Å². The van der Waals surface area contributed by atoms with Gasteiger partial charge in [0.1, 0.15) is 0 Å². The van der Waals surface area contributed by atoms with Crippen molar-refractivity contribution in [2.24, 2.45) is 5.41 Å². The monoisotopic (exact) mass is 277 g/mol. The second kappa shape index (κ2) is 7.75. The lowest BCUT2D eigenvalue weighted by molar-refractivity contribution is 0.171. The summed E-state index contributed by atoms with van der Waals surface area (Å²) in [6, 6.07) is 6.79. The second-order valence-electron chi connectivity index (χ2n) is 6.64. The largest absolute Gasteiger partial charge is 0.314 e. The number of pyridine rings is 1. The molecule has 1 aromatic heterocycles. The van der Waals surface area contributed by atoms with E-state index in [1.165, 1.54) is 6.42 Å². The fourth-order valence-electron chi connectivity index (χ4n) is 2.41. The highest BCUT2D eigenvalue weighted by molar-refractivity contribution is 5.09. The van der Waals surface area contributed by atoms with Gasteiger partial charge in [-0.25, -0.2) is 0 Å². The van der Waals surface area contributed by atoms with E-state index in [0.717, 1.165) is 31.0 Å². The van der Waals surface area contributed by atoms with Crippen LogP contribution in [0.5, 0.6) is 0 Å². The van der Waals surface area contributed by atoms with Crippen LogP contribution in [0.1, 0.15) is 45.5 Å². The minimum absolute atomic E-state index is 0.308. The maximum atomic E-state index is 4.59. The maximum absolute atomic E-state index is 4.59. The highest BCUT2D eigenvalue weighted by Gasteiger charge is 2.24. The number of nitrogens with zero attached hydrogens (tertiary/aromatic N) is 2. The van der Waals surface area contributed by atoms with Gasteiger partial charge in [-0.3, -0.25) is 9.88 Å². The average Bonchev–Trinajstić information content (AvgIpc) is 2.36. The molecule has 0 bridgehead atoms. The van der Waals surface area contributed by atoms with Gasteiger partial charge >= 0.3 is 0 Å². The van der Waals surface area contributed by atoms with Crippen LogP contribution in [0.3, 0.4) is 0 Å². The van der Waals surface area contributed by atoms with Crippen LogP contribution in [0.25, 0.3) is 0 Å². The number of rotatable bonds is 8. The zero-order valence-corrected chi connectivity index (χ0v) is 14.0. The van der Waals surface area contributed by atoms with Gasteiger partial charge in [0.2, 0.25) is 0 Å². The summed E-state index contributed by atoms with van der Waals surface area (Å²) in [6.45, 7) is 14.2. The Morgan fingerprint density at radius 2 is 2.05 bits per heavy atom. The molecule has 0 radical (unpaired) electrons. The molecule has 1 atom stereocenters. The van der Waals surface area contributed by atoms with Gasteiger partial charge in [-0.2, -0.15) is 0 Å². The third kappa shape index (κ3) is 6.02. The number of nitrogens with one attached hydrogen (secondary N) is 1. The fraction of sp³-hybridized carbons (Fsp3) is 0.706. The summed E-state index contributed by atoms with van der Waals surface area (Å²) >= 11 is 0. The predicted octanol–water partition coefficient (Wildman–Crippen LogP) is 3.24. The highest BCUT2D eigenvalue weighted by atomic mass is 15.1. The molecule has 0 saturated heterocycles. The molecule has 3 heteroatoms. The summed E-state index contributed by atoms with van der Waals surface area (Å²) in [5, 5.41) is 3.57. The molecule has 0 fully saturated rings. The Balaban J connectivity index is 2.56. The molecule has 0 spiro atoms. The van der Waals surface area contributed by atoms with Crippen molar-refractivity contribution in [3.05, 3.63) is 29.6 Å². The minimum Gasteiger partial charge on any atom is -0.314 e. The summed E-state index contributed by atoms with van der Waals surface area (Å²) in [5.41, 5.74) is 2.56. The molecule has 0 aliphatic rings. The number of hydrogen-bond acceptors (Lipinski definition) is 3. The Morgan fingerprint density at radius 1 is 1.35 bits per heavy atom. The SMILES string of the molecule is CCC(C)(CNC(C)C)CN(C)Cc1cccc(C)n1. The lowest BCUT2D eigenvalue weighted by Crippen LogP contribution is -2.42. The first-order chi connectivity index (χ1) is 9.34. The lowest BCUT2D eigenvalue weighted by atomic mass is 9.86. The van der Waals surface area contributed by atoms with Crippen LogP contribution >= 0.6 is 0 Å². The third-order valence-electron chi connectivity index (χ3n) is 3.82. The van der Waals surface area contributed by atoms with Gasteiger partial charge in [-0.15, -0.1) is 0 Å². The lowest BCUT2D eigenvalue weighted by Gasteiger charge is -2.34. The standard InChI is InChI=1S/C17H31N3/c1-7-17(5,12-18-14(2)3)13-20(6)11-16-10-8-9-15(4)19-16/h8-10,14,18H,7,11-13H2,1-6H3. The summed E-state index contributed by atoms with van der Waals surface area (Å²) in [4.78, 5) is 6.97. The van der Waals surface area contributed by atoms with Crippen LogP contribution in [-0.2, 0) is 6.54 Å². The van der Waals surface area contributed by atoms with Crippen molar-refractivity contribution in [2.45, 2.75) is 53.6 Å². The molecule has 1 heterocycles. The average molecular weight is 277 g/mol. The van der Waals surface area contributed by atoms with E-state index < -0.39 is 0 Å². The smallest absolute Gasteiger partial charge is 0.0547 e. The van der Waals surface area contributed by atoms with Crippen LogP contribution in [0.15, 0.2) is 18.2 Å². The maximum Gasteiger partial charge on any atom is 0.0547 e. The van der Waals surface area contributed by atoms with Crippen molar-refractivity contribution in [3.8, 4) is 0 Å². The van der Waals surface area contributed by atoms with Crippen molar-refractivity contribution in [3.63, 3.8) is 0 Å². The molecule has 1 N–H and O–H groups in total. The Labute approximate surface area is 124 Å². The van der Waals surface area contributed by atoms with Crippen LogP contribution < -0.4 is 5.32 Å². The van der Waals surface area contributed by atoms with Crippen LogP contribution in [0.2, 0.25) is 0 Å². The molecular weight excluding hydrogens is 246 g/mol. The third-order valence-corrected chi connectivity index (χ3v) is 3.82. The summed E-state index contributed by atoms with van der Waals surface area (Å²) in [5.74, 6) is 0. The molecular formula is C17H31N3. The van der Waals surface area contributed by atoms with Gasteiger partial charge in [0.15, 0.2) is 0 Å². The first-order valence-electron chi connectivity index (χ1n) is 7.69. The topological polar surface area (TPSA) is 28.2 Å². The van der Waals surface area contributed by atoms with Crippen LogP contribution in [0, 0.1) is 12.3 Å².